The third kappa shape index (κ3) is 4.64. The highest BCUT2D eigenvalue weighted by Gasteiger charge is 2.15. The largest absolute Gasteiger partial charge is 0.380 e. The van der Waals surface area contributed by atoms with E-state index in [1.54, 1.807) is 18.4 Å². The molecule has 1 heterocycles. The molecule has 0 fully saturated rings. The van der Waals surface area contributed by atoms with Gasteiger partial charge in [0.2, 0.25) is 0 Å². The molecular weight excluding hydrogens is 218 g/mol. The number of hydrogen-bond donors (Lipinski definition) is 1. The van der Waals surface area contributed by atoms with Gasteiger partial charge in [0.05, 0.1) is 6.10 Å². The van der Waals surface area contributed by atoms with Crippen LogP contribution >= 0.6 is 11.3 Å². The standard InChI is InChI=1S/C13H23NOS/c1-4-8-14-13(11(2)15-3)6-5-12-7-9-16-10-12/h7,9-11,13-14H,4-6,8H2,1-3H3. The fourth-order valence-corrected chi connectivity index (χ4v) is 2.46. The predicted molar refractivity (Wildman–Crippen MR) is 71.2 cm³/mol. The van der Waals surface area contributed by atoms with E-state index < -0.39 is 0 Å². The van der Waals surface area contributed by atoms with E-state index in [1.165, 1.54) is 12.0 Å². The molecule has 0 aliphatic heterocycles. The highest BCUT2D eigenvalue weighted by atomic mass is 32.1. The monoisotopic (exact) mass is 241 g/mol. The van der Waals surface area contributed by atoms with Crippen LogP contribution in [0.5, 0.6) is 0 Å². The first kappa shape index (κ1) is 13.7. The van der Waals surface area contributed by atoms with Crippen molar-refractivity contribution in [3.8, 4) is 0 Å². The summed E-state index contributed by atoms with van der Waals surface area (Å²) in [6.07, 6.45) is 3.74. The zero-order valence-corrected chi connectivity index (χ0v) is 11.3. The van der Waals surface area contributed by atoms with Gasteiger partial charge in [-0.25, -0.2) is 0 Å². The maximum atomic E-state index is 5.42. The van der Waals surface area contributed by atoms with Gasteiger partial charge in [0.15, 0.2) is 0 Å². The van der Waals surface area contributed by atoms with Crippen LogP contribution in [0.25, 0.3) is 0 Å². The summed E-state index contributed by atoms with van der Waals surface area (Å²) in [4.78, 5) is 0. The van der Waals surface area contributed by atoms with Gasteiger partial charge in [0, 0.05) is 13.2 Å². The molecule has 1 aromatic heterocycles. The molecule has 2 nitrogen and oxygen atoms in total. The Balaban J connectivity index is 2.37. The molecule has 16 heavy (non-hydrogen) atoms. The number of rotatable bonds is 8. The molecule has 2 atom stereocenters. The Morgan fingerprint density at radius 1 is 1.50 bits per heavy atom. The molecule has 0 radical (unpaired) electrons. The van der Waals surface area contributed by atoms with Gasteiger partial charge in [-0.15, -0.1) is 0 Å². The van der Waals surface area contributed by atoms with Gasteiger partial charge in [0.25, 0.3) is 0 Å². The van der Waals surface area contributed by atoms with Crippen LogP contribution in [0.4, 0.5) is 0 Å². The van der Waals surface area contributed by atoms with Gasteiger partial charge >= 0.3 is 0 Å². The highest BCUT2D eigenvalue weighted by molar-refractivity contribution is 7.07. The van der Waals surface area contributed by atoms with Gasteiger partial charge < -0.3 is 10.1 Å². The van der Waals surface area contributed by atoms with Crippen LogP contribution in [-0.2, 0) is 11.2 Å². The van der Waals surface area contributed by atoms with E-state index in [1.807, 2.05) is 0 Å². The molecule has 92 valence electrons. The van der Waals surface area contributed by atoms with Crippen LogP contribution in [0.3, 0.4) is 0 Å². The molecule has 0 saturated heterocycles. The van der Waals surface area contributed by atoms with Gasteiger partial charge in [0.1, 0.15) is 0 Å². The number of methoxy groups -OCH3 is 1. The Hall–Kier alpha value is -0.380. The summed E-state index contributed by atoms with van der Waals surface area (Å²) < 4.78 is 5.42. The van der Waals surface area contributed by atoms with Crippen LogP contribution in [0.1, 0.15) is 32.3 Å². The SMILES string of the molecule is CCCNC(CCc1ccsc1)C(C)OC. The lowest BCUT2D eigenvalue weighted by atomic mass is 10.0. The number of nitrogens with one attached hydrogen (secondary N) is 1. The summed E-state index contributed by atoms with van der Waals surface area (Å²) in [6, 6.07) is 2.67. The van der Waals surface area contributed by atoms with Crippen LogP contribution < -0.4 is 5.32 Å². The first-order valence-corrected chi connectivity index (χ1v) is 6.99. The third-order valence-corrected chi connectivity index (χ3v) is 3.65. The van der Waals surface area contributed by atoms with Crippen LogP contribution in [0.2, 0.25) is 0 Å². The average molecular weight is 241 g/mol. The Morgan fingerprint density at radius 3 is 2.88 bits per heavy atom. The fraction of sp³-hybridized carbons (Fsp3) is 0.692. The molecule has 0 aliphatic rings. The zero-order chi connectivity index (χ0) is 11.8. The van der Waals surface area contributed by atoms with Crippen LogP contribution in [0, 0.1) is 0 Å². The van der Waals surface area contributed by atoms with Gasteiger partial charge in [-0.05, 0) is 55.1 Å². The summed E-state index contributed by atoms with van der Waals surface area (Å²) in [5.41, 5.74) is 1.44. The van der Waals surface area contributed by atoms with Crippen molar-refractivity contribution in [3.05, 3.63) is 22.4 Å². The second-order valence-electron chi connectivity index (χ2n) is 4.17. The van der Waals surface area contributed by atoms with Crippen molar-refractivity contribution in [2.24, 2.45) is 0 Å². The summed E-state index contributed by atoms with van der Waals surface area (Å²) >= 11 is 1.77. The molecule has 0 spiro atoms. The van der Waals surface area contributed by atoms with Crippen molar-refractivity contribution in [1.82, 2.24) is 5.32 Å². The molecule has 0 amide bonds. The maximum Gasteiger partial charge on any atom is 0.0696 e. The minimum absolute atomic E-state index is 0.283. The lowest BCUT2D eigenvalue weighted by molar-refractivity contribution is 0.0802. The topological polar surface area (TPSA) is 21.3 Å². The minimum atomic E-state index is 0.283. The van der Waals surface area contributed by atoms with Gasteiger partial charge in [-0.1, -0.05) is 6.92 Å². The average Bonchev–Trinajstić information content (AvgIpc) is 2.81. The second-order valence-corrected chi connectivity index (χ2v) is 4.95. The molecule has 1 aromatic rings. The second kappa shape index (κ2) is 7.82. The van der Waals surface area contributed by atoms with Gasteiger partial charge in [-0.2, -0.15) is 11.3 Å². The van der Waals surface area contributed by atoms with E-state index in [9.17, 15) is 0 Å². The molecule has 0 saturated carbocycles. The first-order valence-electron chi connectivity index (χ1n) is 6.05. The number of hydrogen-bond acceptors (Lipinski definition) is 3. The lowest BCUT2D eigenvalue weighted by Gasteiger charge is -2.24. The quantitative estimate of drug-likeness (QED) is 0.755. The van der Waals surface area contributed by atoms with Crippen molar-refractivity contribution >= 4 is 11.3 Å². The van der Waals surface area contributed by atoms with E-state index in [4.69, 9.17) is 4.74 Å². The minimum Gasteiger partial charge on any atom is -0.380 e. The normalized spacial score (nSPS) is 14.9. The van der Waals surface area contributed by atoms with E-state index in [-0.39, 0.29) is 6.10 Å². The molecular formula is C13H23NOS. The maximum absolute atomic E-state index is 5.42. The smallest absolute Gasteiger partial charge is 0.0696 e. The summed E-state index contributed by atoms with van der Waals surface area (Å²) in [5, 5.41) is 7.93. The molecule has 1 N–H and O–H groups in total. The molecule has 1 rings (SSSR count). The Morgan fingerprint density at radius 2 is 2.31 bits per heavy atom. The van der Waals surface area contributed by atoms with Crippen molar-refractivity contribution in [2.75, 3.05) is 13.7 Å². The number of ether oxygens (including phenoxy) is 1. The summed E-state index contributed by atoms with van der Waals surface area (Å²) in [5.74, 6) is 0. The Bertz CT molecular complexity index is 261. The third-order valence-electron chi connectivity index (χ3n) is 2.92. The van der Waals surface area contributed by atoms with Crippen molar-refractivity contribution in [1.29, 1.82) is 0 Å². The molecule has 2 unspecified atom stereocenters. The number of thiophene rings is 1. The summed E-state index contributed by atoms with van der Waals surface area (Å²) in [7, 11) is 1.79. The molecule has 3 heteroatoms. The van der Waals surface area contributed by atoms with Gasteiger partial charge in [-0.3, -0.25) is 0 Å². The fourth-order valence-electron chi connectivity index (χ4n) is 1.75. The zero-order valence-electron chi connectivity index (χ0n) is 10.5. The van der Waals surface area contributed by atoms with Crippen molar-refractivity contribution in [2.45, 2.75) is 45.3 Å². The highest BCUT2D eigenvalue weighted by Crippen LogP contribution is 2.12. The van der Waals surface area contributed by atoms with Crippen molar-refractivity contribution in [3.63, 3.8) is 0 Å². The van der Waals surface area contributed by atoms with E-state index in [0.717, 1.165) is 19.4 Å². The Kier molecular flexibility index (Phi) is 6.69. The lowest BCUT2D eigenvalue weighted by Crippen LogP contribution is -2.40. The van der Waals surface area contributed by atoms with E-state index >= 15 is 0 Å². The van der Waals surface area contributed by atoms with Crippen LogP contribution in [-0.4, -0.2) is 25.8 Å². The van der Waals surface area contributed by atoms with E-state index in [0.29, 0.717) is 6.04 Å². The first-order chi connectivity index (χ1) is 7.77. The summed E-state index contributed by atoms with van der Waals surface area (Å²) in [6.45, 7) is 5.41. The molecule has 0 aliphatic carbocycles. The predicted octanol–water partition coefficient (Wildman–Crippen LogP) is 3.08. The molecule has 0 bridgehead atoms. The molecule has 0 aromatic carbocycles. The number of aryl methyl sites for hydroxylation is 1. The van der Waals surface area contributed by atoms with Crippen molar-refractivity contribution < 1.29 is 4.74 Å². The Labute approximate surface area is 103 Å². The van der Waals surface area contributed by atoms with Crippen LogP contribution in [0.15, 0.2) is 16.8 Å². The van der Waals surface area contributed by atoms with E-state index in [2.05, 4.69) is 36.0 Å².